The molecule has 6 heteroatoms. The molecular formula is C26H39FN2O3. The lowest BCUT2D eigenvalue weighted by atomic mass is 9.43. The first kappa shape index (κ1) is 22.5. The van der Waals surface area contributed by atoms with Gasteiger partial charge < -0.3 is 14.4 Å². The van der Waals surface area contributed by atoms with Gasteiger partial charge in [0.1, 0.15) is 0 Å². The minimum Gasteiger partial charge on any atom is -0.390 e. The van der Waals surface area contributed by atoms with Gasteiger partial charge in [0, 0.05) is 13.0 Å². The van der Waals surface area contributed by atoms with Crippen LogP contribution >= 0.6 is 0 Å². The molecule has 1 aromatic rings. The van der Waals surface area contributed by atoms with Crippen LogP contribution in [0.1, 0.15) is 71.6 Å². The maximum absolute atomic E-state index is 13.3. The van der Waals surface area contributed by atoms with Crippen LogP contribution in [-0.4, -0.2) is 39.8 Å². The van der Waals surface area contributed by atoms with E-state index in [0.29, 0.717) is 23.7 Å². The van der Waals surface area contributed by atoms with Crippen LogP contribution in [0, 0.1) is 46.4 Å². The molecule has 1 N–H and O–H groups in total. The Kier molecular flexibility index (Phi) is 5.56. The molecule has 0 spiro atoms. The topological polar surface area (TPSA) is 64.3 Å². The number of hydrogen-bond acceptors (Lipinski definition) is 4. The van der Waals surface area contributed by atoms with Gasteiger partial charge in [-0.2, -0.15) is 4.39 Å². The molecule has 0 aromatic carbocycles. The third-order valence-electron chi connectivity index (χ3n) is 10.4. The van der Waals surface area contributed by atoms with Crippen molar-refractivity contribution in [2.45, 2.75) is 83.8 Å². The van der Waals surface area contributed by atoms with Crippen molar-refractivity contribution in [3.8, 4) is 0 Å². The predicted octanol–water partition coefficient (Wildman–Crippen LogP) is 4.63. The highest BCUT2D eigenvalue weighted by Crippen LogP contribution is 2.68. The van der Waals surface area contributed by atoms with Gasteiger partial charge in [-0.15, -0.1) is 0 Å². The fraction of sp³-hybridized carbons (Fsp3) is 0.846. The van der Waals surface area contributed by atoms with Gasteiger partial charge in [0.2, 0.25) is 5.95 Å². The van der Waals surface area contributed by atoms with Crippen LogP contribution in [0.4, 0.5) is 4.39 Å². The van der Waals surface area contributed by atoms with Gasteiger partial charge in [-0.05, 0) is 99.2 Å². The number of aromatic nitrogens is 2. The first-order valence-corrected chi connectivity index (χ1v) is 12.6. The normalized spacial score (nSPS) is 45.7. The standard InChI is InChI=1S/C26H39FN2O3/c1-24(31)10-11-26(15-32-3)17(12-24)4-5-18-19-6-7-21(25(19,2)9-8-20(18)26)22(30)13-29-14-23(27)28-16-29/h14,16-21,31H,4-13,15H2,1-3H3/t17?,18-,19-,20-,21+,24+,25?,26+/m0/s1. The third-order valence-corrected chi connectivity index (χ3v) is 10.4. The van der Waals surface area contributed by atoms with E-state index in [1.807, 2.05) is 14.0 Å². The summed E-state index contributed by atoms with van der Waals surface area (Å²) in [5.74, 6) is 2.15. The first-order valence-electron chi connectivity index (χ1n) is 12.6. The highest BCUT2D eigenvalue weighted by atomic mass is 19.1. The summed E-state index contributed by atoms with van der Waals surface area (Å²) in [6, 6.07) is 0. The largest absolute Gasteiger partial charge is 0.390 e. The third kappa shape index (κ3) is 3.48. The molecule has 4 aliphatic carbocycles. The van der Waals surface area contributed by atoms with Crippen molar-refractivity contribution in [1.82, 2.24) is 9.55 Å². The Balaban J connectivity index is 1.37. The number of fused-ring (bicyclic) bond motifs is 5. The summed E-state index contributed by atoms with van der Waals surface area (Å²) in [6.45, 7) is 5.39. The smallest absolute Gasteiger partial charge is 0.230 e. The molecule has 5 nitrogen and oxygen atoms in total. The number of rotatable bonds is 5. The zero-order valence-corrected chi connectivity index (χ0v) is 19.9. The molecule has 32 heavy (non-hydrogen) atoms. The Morgan fingerprint density at radius 2 is 2.00 bits per heavy atom. The van der Waals surface area contributed by atoms with Crippen LogP contribution in [0.25, 0.3) is 0 Å². The van der Waals surface area contributed by atoms with Gasteiger partial charge in [0.05, 0.1) is 31.3 Å². The molecule has 0 aliphatic heterocycles. The number of ether oxygens (including phenoxy) is 1. The van der Waals surface area contributed by atoms with Crippen molar-refractivity contribution in [3.63, 3.8) is 0 Å². The van der Waals surface area contributed by atoms with Crippen LogP contribution < -0.4 is 0 Å². The number of halogens is 1. The molecule has 5 rings (SSSR count). The summed E-state index contributed by atoms with van der Waals surface area (Å²) in [5, 5.41) is 10.8. The summed E-state index contributed by atoms with van der Waals surface area (Å²) < 4.78 is 20.7. The molecule has 1 aromatic heterocycles. The van der Waals surface area contributed by atoms with Gasteiger partial charge in [-0.3, -0.25) is 4.79 Å². The fourth-order valence-corrected chi connectivity index (χ4v) is 9.02. The molecular weight excluding hydrogens is 407 g/mol. The number of carbonyl (C=O) groups is 1. The fourth-order valence-electron chi connectivity index (χ4n) is 9.02. The first-order chi connectivity index (χ1) is 15.2. The van der Waals surface area contributed by atoms with E-state index in [2.05, 4.69) is 11.9 Å². The Morgan fingerprint density at radius 3 is 2.72 bits per heavy atom. The van der Waals surface area contributed by atoms with Crippen LogP contribution in [0.2, 0.25) is 0 Å². The zero-order valence-electron chi connectivity index (χ0n) is 19.9. The van der Waals surface area contributed by atoms with Gasteiger partial charge in [-0.25, -0.2) is 4.98 Å². The molecule has 0 bridgehead atoms. The quantitative estimate of drug-likeness (QED) is 0.716. The number of aliphatic hydroxyl groups is 1. The molecule has 178 valence electrons. The molecule has 0 saturated heterocycles. The number of Topliss-reactive ketones (excluding diaryl/α,β-unsaturated/α-hetero) is 1. The van der Waals surface area contributed by atoms with E-state index in [-0.39, 0.29) is 29.1 Å². The Bertz CT molecular complexity index is 869. The monoisotopic (exact) mass is 446 g/mol. The summed E-state index contributed by atoms with van der Waals surface area (Å²) in [5.41, 5.74) is -0.327. The highest BCUT2D eigenvalue weighted by Gasteiger charge is 2.63. The van der Waals surface area contributed by atoms with Gasteiger partial charge in [0.25, 0.3) is 0 Å². The maximum atomic E-state index is 13.3. The Labute approximate surface area is 191 Å². The molecule has 2 unspecified atom stereocenters. The Hall–Kier alpha value is -1.27. The molecule has 0 amide bonds. The van der Waals surface area contributed by atoms with E-state index in [9.17, 15) is 14.3 Å². The number of nitrogens with zero attached hydrogens (tertiary/aromatic N) is 2. The van der Waals surface area contributed by atoms with E-state index in [0.717, 1.165) is 51.6 Å². The SMILES string of the molecule is COC[C@]12CC[C@@](C)(O)CC1CC[C@H]1[C@@H]3CC[C@H](C(=O)Cn4cnc(F)c4)C3(C)CC[C@@H]12. The van der Waals surface area contributed by atoms with Crippen LogP contribution in [0.5, 0.6) is 0 Å². The van der Waals surface area contributed by atoms with E-state index >= 15 is 0 Å². The average molecular weight is 447 g/mol. The zero-order chi connectivity index (χ0) is 22.7. The lowest BCUT2D eigenvalue weighted by Gasteiger charge is -2.62. The molecule has 1 heterocycles. The lowest BCUT2D eigenvalue weighted by molar-refractivity contribution is -0.175. The van der Waals surface area contributed by atoms with Crippen molar-refractivity contribution in [2.24, 2.45) is 40.4 Å². The maximum Gasteiger partial charge on any atom is 0.230 e. The second kappa shape index (κ2) is 7.90. The predicted molar refractivity (Wildman–Crippen MR) is 119 cm³/mol. The molecule has 4 saturated carbocycles. The second-order valence-electron chi connectivity index (χ2n) is 12.0. The number of methoxy groups -OCH3 is 1. The number of hydrogen-bond donors (Lipinski definition) is 1. The van der Waals surface area contributed by atoms with E-state index in [1.165, 1.54) is 25.4 Å². The van der Waals surface area contributed by atoms with Crippen LogP contribution in [0.15, 0.2) is 12.5 Å². The van der Waals surface area contributed by atoms with E-state index in [1.54, 1.807) is 4.57 Å². The van der Waals surface area contributed by atoms with Crippen molar-refractivity contribution in [1.29, 1.82) is 0 Å². The number of imidazole rings is 1. The van der Waals surface area contributed by atoms with Crippen molar-refractivity contribution in [2.75, 3.05) is 13.7 Å². The van der Waals surface area contributed by atoms with Gasteiger partial charge in [0.15, 0.2) is 5.78 Å². The Morgan fingerprint density at radius 1 is 1.19 bits per heavy atom. The van der Waals surface area contributed by atoms with E-state index < -0.39 is 11.5 Å². The molecule has 4 fully saturated rings. The second-order valence-corrected chi connectivity index (χ2v) is 12.0. The number of ketones is 1. The van der Waals surface area contributed by atoms with Crippen LogP contribution in [-0.2, 0) is 16.1 Å². The lowest BCUT2D eigenvalue weighted by Crippen LogP contribution is -2.58. The average Bonchev–Trinajstić information content (AvgIpc) is 3.30. The van der Waals surface area contributed by atoms with Crippen molar-refractivity contribution < 1.29 is 19.0 Å². The van der Waals surface area contributed by atoms with Gasteiger partial charge >= 0.3 is 0 Å². The van der Waals surface area contributed by atoms with E-state index in [4.69, 9.17) is 4.74 Å². The summed E-state index contributed by atoms with van der Waals surface area (Å²) in [6.07, 6.45) is 12.2. The molecule has 4 aliphatic rings. The highest BCUT2D eigenvalue weighted by molar-refractivity contribution is 5.82. The van der Waals surface area contributed by atoms with Crippen LogP contribution in [0.3, 0.4) is 0 Å². The minimum absolute atomic E-state index is 0.0403. The summed E-state index contributed by atoms with van der Waals surface area (Å²) in [7, 11) is 1.83. The van der Waals surface area contributed by atoms with Gasteiger partial charge in [-0.1, -0.05) is 6.92 Å². The minimum atomic E-state index is -0.546. The molecule has 8 atom stereocenters. The number of carbonyl (C=O) groups excluding carboxylic acids is 1. The summed E-state index contributed by atoms with van der Waals surface area (Å²) >= 11 is 0. The van der Waals surface area contributed by atoms with Crippen molar-refractivity contribution >= 4 is 5.78 Å². The van der Waals surface area contributed by atoms with Crippen molar-refractivity contribution in [3.05, 3.63) is 18.5 Å². The molecule has 0 radical (unpaired) electrons. The summed E-state index contributed by atoms with van der Waals surface area (Å²) in [4.78, 5) is 16.9.